The molecule has 0 atom stereocenters. The molecular weight excluding hydrogens is 287 g/mol. The Balaban J connectivity index is 2.01. The van der Waals surface area contributed by atoms with Crippen LogP contribution in [-0.2, 0) is 0 Å². The highest BCUT2D eigenvalue weighted by molar-refractivity contribution is 7.28. The van der Waals surface area contributed by atoms with E-state index in [9.17, 15) is 4.39 Å². The summed E-state index contributed by atoms with van der Waals surface area (Å²) in [4.78, 5) is 0.948. The van der Waals surface area contributed by atoms with Crippen LogP contribution in [0.3, 0.4) is 0 Å². The Morgan fingerprint density at radius 3 is 2.89 bits per heavy atom. The molecule has 0 radical (unpaired) electrons. The van der Waals surface area contributed by atoms with E-state index >= 15 is 0 Å². The molecule has 0 aliphatic heterocycles. The van der Waals surface area contributed by atoms with Gasteiger partial charge in [-0.2, -0.15) is 8.75 Å². The molecule has 0 aliphatic rings. The maximum atomic E-state index is 14.3. The van der Waals surface area contributed by atoms with Gasteiger partial charge in [0.15, 0.2) is 5.82 Å². The van der Waals surface area contributed by atoms with E-state index in [0.29, 0.717) is 16.6 Å². The van der Waals surface area contributed by atoms with Crippen LogP contribution in [0.4, 0.5) is 4.39 Å². The third-order valence-corrected chi connectivity index (χ3v) is 5.44. The first kappa shape index (κ1) is 10.5. The Bertz CT molecular complexity index is 830. The van der Waals surface area contributed by atoms with E-state index in [1.165, 1.54) is 9.40 Å². The third-order valence-electron chi connectivity index (χ3n) is 2.77. The first-order valence-corrected chi connectivity index (χ1v) is 7.64. The average Bonchev–Trinajstić information content (AvgIpc) is 3.02. The topological polar surface area (TPSA) is 25.8 Å². The van der Waals surface area contributed by atoms with Crippen LogP contribution in [0.1, 0.15) is 0 Å². The molecule has 1 aromatic carbocycles. The van der Waals surface area contributed by atoms with E-state index < -0.39 is 0 Å². The second kappa shape index (κ2) is 3.81. The molecule has 0 saturated heterocycles. The fraction of sp³-hybridized carbons (Fsp3) is 0. The largest absolute Gasteiger partial charge is 0.204 e. The second-order valence-electron chi connectivity index (χ2n) is 3.82. The lowest BCUT2D eigenvalue weighted by Crippen LogP contribution is -1.83. The summed E-state index contributed by atoms with van der Waals surface area (Å²) in [5.74, 6) is -0.268. The fourth-order valence-electron chi connectivity index (χ4n) is 1.91. The van der Waals surface area contributed by atoms with E-state index in [-0.39, 0.29) is 5.82 Å². The summed E-state index contributed by atoms with van der Waals surface area (Å²) in [6, 6.07) is 7.71. The van der Waals surface area contributed by atoms with Gasteiger partial charge in [-0.3, -0.25) is 0 Å². The van der Waals surface area contributed by atoms with E-state index in [1.54, 1.807) is 28.7 Å². The fourth-order valence-corrected chi connectivity index (χ4v) is 4.57. The van der Waals surface area contributed by atoms with Crippen LogP contribution in [0.2, 0.25) is 0 Å². The number of fused-ring (bicyclic) bond motifs is 2. The van der Waals surface area contributed by atoms with Crippen molar-refractivity contribution in [3.63, 3.8) is 0 Å². The molecule has 3 heterocycles. The lowest BCUT2D eigenvalue weighted by atomic mass is 10.1. The lowest BCUT2D eigenvalue weighted by Gasteiger charge is -1.99. The average molecular weight is 292 g/mol. The van der Waals surface area contributed by atoms with Crippen molar-refractivity contribution in [3.05, 3.63) is 35.5 Å². The molecule has 0 saturated carbocycles. The maximum Gasteiger partial charge on any atom is 0.160 e. The minimum atomic E-state index is -0.268. The summed E-state index contributed by atoms with van der Waals surface area (Å²) in [6.07, 6.45) is 0. The zero-order valence-corrected chi connectivity index (χ0v) is 11.3. The maximum absolute atomic E-state index is 14.3. The summed E-state index contributed by atoms with van der Waals surface area (Å²) >= 11 is 4.33. The number of halogens is 1. The number of nitrogens with zero attached hydrogens (tertiary/aromatic N) is 2. The van der Waals surface area contributed by atoms with Gasteiger partial charge in [0.2, 0.25) is 0 Å². The molecule has 4 aromatic rings. The minimum Gasteiger partial charge on any atom is -0.204 e. The molecule has 0 N–H and O–H groups in total. The smallest absolute Gasteiger partial charge is 0.160 e. The summed E-state index contributed by atoms with van der Waals surface area (Å²) < 4.78 is 24.8. The van der Waals surface area contributed by atoms with Crippen LogP contribution in [0, 0.1) is 5.82 Å². The van der Waals surface area contributed by atoms with Crippen LogP contribution < -0.4 is 0 Å². The van der Waals surface area contributed by atoms with Crippen molar-refractivity contribution in [2.24, 2.45) is 0 Å². The van der Waals surface area contributed by atoms with Crippen LogP contribution in [0.25, 0.3) is 30.9 Å². The SMILES string of the molecule is Fc1c(-c2cc3sccc3s2)ccc2nsnc12. The molecule has 0 amide bonds. The predicted molar refractivity (Wildman–Crippen MR) is 76.1 cm³/mol. The van der Waals surface area contributed by atoms with Gasteiger partial charge in [-0.05, 0) is 29.6 Å². The summed E-state index contributed by atoms with van der Waals surface area (Å²) in [7, 11) is 0. The normalized spacial score (nSPS) is 11.6. The molecule has 0 bridgehead atoms. The molecule has 18 heavy (non-hydrogen) atoms. The summed E-state index contributed by atoms with van der Waals surface area (Å²) in [5.41, 5.74) is 1.61. The van der Waals surface area contributed by atoms with Crippen molar-refractivity contribution in [2.75, 3.05) is 0 Å². The van der Waals surface area contributed by atoms with Gasteiger partial charge in [0, 0.05) is 19.8 Å². The van der Waals surface area contributed by atoms with Crippen molar-refractivity contribution in [3.8, 4) is 10.4 Å². The van der Waals surface area contributed by atoms with Gasteiger partial charge < -0.3 is 0 Å². The Kier molecular flexibility index (Phi) is 2.23. The molecule has 3 aromatic heterocycles. The molecule has 88 valence electrons. The van der Waals surface area contributed by atoms with Gasteiger partial charge in [-0.25, -0.2) is 4.39 Å². The Hall–Kier alpha value is -1.37. The standard InChI is InChI=1S/C12H5FN2S3/c13-11-6(1-2-7-12(11)15-18-14-7)9-5-10-8(17-9)3-4-16-10/h1-5H. The van der Waals surface area contributed by atoms with Crippen LogP contribution >= 0.6 is 34.4 Å². The van der Waals surface area contributed by atoms with E-state index in [1.807, 2.05) is 12.1 Å². The van der Waals surface area contributed by atoms with Crippen molar-refractivity contribution >= 4 is 54.8 Å². The molecule has 2 nitrogen and oxygen atoms in total. The van der Waals surface area contributed by atoms with Crippen LogP contribution in [0.15, 0.2) is 29.6 Å². The Morgan fingerprint density at radius 1 is 1.06 bits per heavy atom. The van der Waals surface area contributed by atoms with E-state index in [0.717, 1.165) is 16.6 Å². The molecule has 4 rings (SSSR count). The number of hydrogen-bond acceptors (Lipinski definition) is 5. The van der Waals surface area contributed by atoms with Gasteiger partial charge in [0.05, 0.1) is 11.7 Å². The van der Waals surface area contributed by atoms with Crippen molar-refractivity contribution in [1.82, 2.24) is 8.75 Å². The van der Waals surface area contributed by atoms with E-state index in [2.05, 4.69) is 20.2 Å². The second-order valence-corrected chi connectivity index (χ2v) is 6.38. The highest BCUT2D eigenvalue weighted by atomic mass is 32.1. The number of thiophene rings is 2. The Labute approximate surface area is 114 Å². The zero-order valence-electron chi connectivity index (χ0n) is 8.88. The molecule has 0 unspecified atom stereocenters. The van der Waals surface area contributed by atoms with Crippen molar-refractivity contribution in [1.29, 1.82) is 0 Å². The highest BCUT2D eigenvalue weighted by Crippen LogP contribution is 2.38. The molecule has 6 heteroatoms. The lowest BCUT2D eigenvalue weighted by molar-refractivity contribution is 0.641. The molecule has 0 fully saturated rings. The van der Waals surface area contributed by atoms with Crippen molar-refractivity contribution < 1.29 is 4.39 Å². The van der Waals surface area contributed by atoms with Gasteiger partial charge in [0.1, 0.15) is 11.0 Å². The van der Waals surface area contributed by atoms with Gasteiger partial charge >= 0.3 is 0 Å². The first-order chi connectivity index (χ1) is 8.83. The number of benzene rings is 1. The number of hydrogen-bond donors (Lipinski definition) is 0. The quantitative estimate of drug-likeness (QED) is 0.505. The van der Waals surface area contributed by atoms with E-state index in [4.69, 9.17) is 0 Å². The van der Waals surface area contributed by atoms with Gasteiger partial charge in [-0.15, -0.1) is 22.7 Å². The highest BCUT2D eigenvalue weighted by Gasteiger charge is 2.14. The minimum absolute atomic E-state index is 0.268. The molecule has 0 spiro atoms. The van der Waals surface area contributed by atoms with Crippen LogP contribution in [0.5, 0.6) is 0 Å². The third kappa shape index (κ3) is 1.43. The number of aromatic nitrogens is 2. The monoisotopic (exact) mass is 292 g/mol. The van der Waals surface area contributed by atoms with Gasteiger partial charge in [0.25, 0.3) is 0 Å². The van der Waals surface area contributed by atoms with Crippen molar-refractivity contribution in [2.45, 2.75) is 0 Å². The summed E-state index contributed by atoms with van der Waals surface area (Å²) in [6.45, 7) is 0. The summed E-state index contributed by atoms with van der Waals surface area (Å²) in [5, 5.41) is 2.05. The molecule has 0 aliphatic carbocycles. The zero-order chi connectivity index (χ0) is 12.1. The molecular formula is C12H5FN2S3. The number of rotatable bonds is 1. The van der Waals surface area contributed by atoms with Crippen LogP contribution in [-0.4, -0.2) is 8.75 Å². The predicted octanol–water partition coefficient (Wildman–Crippen LogP) is 4.77. The van der Waals surface area contributed by atoms with Gasteiger partial charge in [-0.1, -0.05) is 0 Å². The first-order valence-electron chi connectivity index (χ1n) is 5.21. The Morgan fingerprint density at radius 2 is 2.00 bits per heavy atom.